The molecule has 0 aromatic heterocycles. The van der Waals surface area contributed by atoms with Crippen molar-refractivity contribution in [2.75, 3.05) is 27.2 Å². The zero-order valence-corrected chi connectivity index (χ0v) is 9.33. The van der Waals surface area contributed by atoms with E-state index in [-0.39, 0.29) is 0 Å². The van der Waals surface area contributed by atoms with Gasteiger partial charge in [-0.2, -0.15) is 5.26 Å². The molecule has 0 radical (unpaired) electrons. The molecular formula is C12H17N3. The number of likely N-dealkylation sites (N-methyl/N-ethyl adjacent to an activating group) is 2. The quantitative estimate of drug-likeness (QED) is 0.781. The molecule has 1 rings (SSSR count). The summed E-state index contributed by atoms with van der Waals surface area (Å²) >= 11 is 0. The summed E-state index contributed by atoms with van der Waals surface area (Å²) < 4.78 is 0. The van der Waals surface area contributed by atoms with Gasteiger partial charge in [0, 0.05) is 19.6 Å². The van der Waals surface area contributed by atoms with Gasteiger partial charge in [0.15, 0.2) is 0 Å². The van der Waals surface area contributed by atoms with Crippen molar-refractivity contribution in [3.8, 4) is 6.07 Å². The predicted molar refractivity (Wildman–Crippen MR) is 61.4 cm³/mol. The van der Waals surface area contributed by atoms with Crippen LogP contribution in [0, 0.1) is 11.3 Å². The van der Waals surface area contributed by atoms with Crippen LogP contribution in [0.1, 0.15) is 11.1 Å². The van der Waals surface area contributed by atoms with E-state index in [4.69, 9.17) is 5.26 Å². The van der Waals surface area contributed by atoms with Crippen molar-refractivity contribution in [2.45, 2.75) is 6.54 Å². The molecule has 0 bridgehead atoms. The molecule has 0 heterocycles. The zero-order valence-electron chi connectivity index (χ0n) is 9.33. The van der Waals surface area contributed by atoms with Gasteiger partial charge in [-0.1, -0.05) is 12.1 Å². The molecule has 80 valence electrons. The molecule has 3 heteroatoms. The molecule has 1 aromatic rings. The summed E-state index contributed by atoms with van der Waals surface area (Å²) in [4.78, 5) is 2.23. The number of nitrogens with one attached hydrogen (secondary N) is 1. The third kappa shape index (κ3) is 4.11. The Balaban J connectivity index is 2.53. The highest BCUT2D eigenvalue weighted by Gasteiger charge is 2.00. The second-order valence-electron chi connectivity index (χ2n) is 3.65. The van der Waals surface area contributed by atoms with E-state index >= 15 is 0 Å². The minimum Gasteiger partial charge on any atom is -0.318 e. The number of hydrogen-bond acceptors (Lipinski definition) is 3. The Hall–Kier alpha value is -1.37. The van der Waals surface area contributed by atoms with Crippen LogP contribution in [-0.2, 0) is 6.54 Å². The number of hydrogen-bond donors (Lipinski definition) is 1. The molecule has 1 aromatic carbocycles. The lowest BCUT2D eigenvalue weighted by atomic mass is 10.1. The summed E-state index contributed by atoms with van der Waals surface area (Å²) in [7, 11) is 4.03. The normalized spacial score (nSPS) is 10.3. The molecular weight excluding hydrogens is 186 g/mol. The third-order valence-electron chi connectivity index (χ3n) is 2.25. The lowest BCUT2D eigenvalue weighted by Gasteiger charge is -2.16. The first-order valence-electron chi connectivity index (χ1n) is 5.08. The van der Waals surface area contributed by atoms with Crippen LogP contribution in [0.4, 0.5) is 0 Å². The lowest BCUT2D eigenvalue weighted by molar-refractivity contribution is 0.328. The number of nitriles is 1. The molecule has 3 nitrogen and oxygen atoms in total. The van der Waals surface area contributed by atoms with Crippen LogP contribution in [0.25, 0.3) is 0 Å². The van der Waals surface area contributed by atoms with Crippen LogP contribution in [0.3, 0.4) is 0 Å². The SMILES string of the molecule is CNCCN(C)Cc1cccc(C#N)c1. The smallest absolute Gasteiger partial charge is 0.0991 e. The van der Waals surface area contributed by atoms with E-state index in [2.05, 4.69) is 29.4 Å². The maximum atomic E-state index is 8.76. The first kappa shape index (κ1) is 11.7. The number of benzene rings is 1. The van der Waals surface area contributed by atoms with Gasteiger partial charge in [-0.3, -0.25) is 0 Å². The van der Waals surface area contributed by atoms with E-state index < -0.39 is 0 Å². The van der Waals surface area contributed by atoms with Gasteiger partial charge in [0.1, 0.15) is 0 Å². The van der Waals surface area contributed by atoms with Crippen LogP contribution in [0.5, 0.6) is 0 Å². The van der Waals surface area contributed by atoms with Crippen molar-refractivity contribution in [3.05, 3.63) is 35.4 Å². The standard InChI is InChI=1S/C12H17N3/c1-14-6-7-15(2)10-12-5-3-4-11(8-12)9-13/h3-5,8,14H,6-7,10H2,1-2H3. The second-order valence-corrected chi connectivity index (χ2v) is 3.65. The Labute approximate surface area is 91.3 Å². The molecule has 0 spiro atoms. The fourth-order valence-electron chi connectivity index (χ4n) is 1.43. The fourth-order valence-corrected chi connectivity index (χ4v) is 1.43. The Morgan fingerprint density at radius 1 is 1.47 bits per heavy atom. The highest BCUT2D eigenvalue weighted by Crippen LogP contribution is 2.06. The van der Waals surface area contributed by atoms with Crippen molar-refractivity contribution in [1.82, 2.24) is 10.2 Å². The minimum absolute atomic E-state index is 0.731. The van der Waals surface area contributed by atoms with Gasteiger partial charge < -0.3 is 10.2 Å². The summed E-state index contributed by atoms with van der Waals surface area (Å²) in [6, 6.07) is 9.91. The third-order valence-corrected chi connectivity index (χ3v) is 2.25. The van der Waals surface area contributed by atoms with E-state index in [1.165, 1.54) is 5.56 Å². The number of rotatable bonds is 5. The zero-order chi connectivity index (χ0) is 11.1. The van der Waals surface area contributed by atoms with Crippen molar-refractivity contribution >= 4 is 0 Å². The maximum Gasteiger partial charge on any atom is 0.0991 e. The molecule has 0 saturated heterocycles. The van der Waals surface area contributed by atoms with E-state index in [0.717, 1.165) is 25.2 Å². The molecule has 0 aliphatic carbocycles. The highest BCUT2D eigenvalue weighted by atomic mass is 15.1. The van der Waals surface area contributed by atoms with Crippen LogP contribution < -0.4 is 5.32 Å². The number of nitrogens with zero attached hydrogens (tertiary/aromatic N) is 2. The van der Waals surface area contributed by atoms with E-state index in [0.29, 0.717) is 0 Å². The summed E-state index contributed by atoms with van der Waals surface area (Å²) in [5, 5.41) is 11.9. The Bertz CT molecular complexity index is 341. The summed E-state index contributed by atoms with van der Waals surface area (Å²) in [5.74, 6) is 0. The molecule has 0 unspecified atom stereocenters. The Morgan fingerprint density at radius 3 is 2.93 bits per heavy atom. The minimum atomic E-state index is 0.731. The van der Waals surface area contributed by atoms with E-state index in [9.17, 15) is 0 Å². The summed E-state index contributed by atoms with van der Waals surface area (Å²) in [5.41, 5.74) is 1.92. The topological polar surface area (TPSA) is 39.1 Å². The second kappa shape index (κ2) is 6.18. The van der Waals surface area contributed by atoms with Gasteiger partial charge in [-0.05, 0) is 31.8 Å². The average Bonchev–Trinajstić information content (AvgIpc) is 2.26. The van der Waals surface area contributed by atoms with Crippen molar-refractivity contribution < 1.29 is 0 Å². The van der Waals surface area contributed by atoms with Gasteiger partial charge in [0.25, 0.3) is 0 Å². The molecule has 0 saturated carbocycles. The highest BCUT2D eigenvalue weighted by molar-refractivity contribution is 5.32. The van der Waals surface area contributed by atoms with Crippen molar-refractivity contribution in [3.63, 3.8) is 0 Å². The predicted octanol–water partition coefficient (Wildman–Crippen LogP) is 1.21. The van der Waals surface area contributed by atoms with Crippen LogP contribution >= 0.6 is 0 Å². The van der Waals surface area contributed by atoms with E-state index in [1.54, 1.807) is 0 Å². The largest absolute Gasteiger partial charge is 0.318 e. The van der Waals surface area contributed by atoms with Gasteiger partial charge in [0.2, 0.25) is 0 Å². The first-order valence-corrected chi connectivity index (χ1v) is 5.08. The molecule has 0 fully saturated rings. The fraction of sp³-hybridized carbons (Fsp3) is 0.417. The average molecular weight is 203 g/mol. The molecule has 0 aliphatic rings. The molecule has 0 amide bonds. The van der Waals surface area contributed by atoms with Gasteiger partial charge >= 0.3 is 0 Å². The molecule has 0 atom stereocenters. The van der Waals surface area contributed by atoms with Crippen LogP contribution in [0.15, 0.2) is 24.3 Å². The van der Waals surface area contributed by atoms with Crippen LogP contribution in [-0.4, -0.2) is 32.1 Å². The molecule has 15 heavy (non-hydrogen) atoms. The van der Waals surface area contributed by atoms with Gasteiger partial charge in [-0.15, -0.1) is 0 Å². The molecule has 1 N–H and O–H groups in total. The molecule has 0 aliphatic heterocycles. The van der Waals surface area contributed by atoms with E-state index in [1.807, 2.05) is 25.2 Å². The summed E-state index contributed by atoms with van der Waals surface area (Å²) in [6.45, 7) is 2.87. The van der Waals surface area contributed by atoms with Crippen LogP contribution in [0.2, 0.25) is 0 Å². The lowest BCUT2D eigenvalue weighted by Crippen LogP contribution is -2.26. The maximum absolute atomic E-state index is 8.76. The Kier molecular flexibility index (Phi) is 4.82. The van der Waals surface area contributed by atoms with Gasteiger partial charge in [0.05, 0.1) is 11.6 Å². The van der Waals surface area contributed by atoms with Crippen molar-refractivity contribution in [2.24, 2.45) is 0 Å². The first-order chi connectivity index (χ1) is 7.26. The Morgan fingerprint density at radius 2 is 2.27 bits per heavy atom. The summed E-state index contributed by atoms with van der Waals surface area (Å²) in [6.07, 6.45) is 0. The van der Waals surface area contributed by atoms with Gasteiger partial charge in [-0.25, -0.2) is 0 Å². The van der Waals surface area contributed by atoms with Crippen molar-refractivity contribution in [1.29, 1.82) is 5.26 Å². The monoisotopic (exact) mass is 203 g/mol.